The molecular weight excluding hydrogens is 570 g/mol. The van der Waals surface area contributed by atoms with E-state index in [9.17, 15) is 33.4 Å². The van der Waals surface area contributed by atoms with E-state index >= 15 is 0 Å². The van der Waals surface area contributed by atoms with Crippen LogP contribution >= 0.6 is 0 Å². The molecule has 3 amide bonds. The van der Waals surface area contributed by atoms with Crippen LogP contribution in [0.15, 0.2) is 48.5 Å². The van der Waals surface area contributed by atoms with Crippen molar-refractivity contribution in [3.05, 3.63) is 71.3 Å². The molecule has 44 heavy (non-hydrogen) atoms. The number of nitrogens with one attached hydrogen (secondary N) is 3. The lowest BCUT2D eigenvalue weighted by Gasteiger charge is -2.36. The van der Waals surface area contributed by atoms with Gasteiger partial charge >= 0.3 is 0 Å². The Labute approximate surface area is 257 Å². The number of hydrogen-bond acceptors (Lipinski definition) is 6. The fourth-order valence-corrected chi connectivity index (χ4v) is 6.60. The second-order valence-corrected chi connectivity index (χ2v) is 12.2. The van der Waals surface area contributed by atoms with Crippen LogP contribution in [0, 0.1) is 17.6 Å². The molecule has 7 atom stereocenters. The number of likely N-dealkylation sites (tertiary alicyclic amines) is 1. The number of aliphatic hydroxyl groups is 2. The fraction of sp³-hybridized carbons (Fsp3) is 0.545. The third-order valence-electron chi connectivity index (χ3n) is 9.14. The molecule has 2 aromatic rings. The minimum absolute atomic E-state index is 0.0854. The molecule has 0 aliphatic carbocycles. The zero-order valence-corrected chi connectivity index (χ0v) is 25.6. The van der Waals surface area contributed by atoms with Gasteiger partial charge in [0.1, 0.15) is 23.2 Å². The number of aryl methyl sites for hydroxylation is 1. The van der Waals surface area contributed by atoms with E-state index in [1.54, 1.807) is 0 Å². The van der Waals surface area contributed by atoms with Crippen molar-refractivity contribution in [2.24, 2.45) is 5.92 Å². The van der Waals surface area contributed by atoms with Crippen LogP contribution < -0.4 is 16.0 Å². The number of amides is 3. The van der Waals surface area contributed by atoms with Gasteiger partial charge in [-0.05, 0) is 61.3 Å². The van der Waals surface area contributed by atoms with Gasteiger partial charge in [0.2, 0.25) is 17.7 Å². The average Bonchev–Trinajstić information content (AvgIpc) is 3.55. The SMILES string of the molecule is CCC(C)[C@@]1(NC(C)=O)CCN([C@@H](CCc2ccccc2)C(=O)NC(Cc2cc(F)cc(F)c2)[C@H](O)[C@H]2C[C@H](O)CN2)C1=O. The third-order valence-corrected chi connectivity index (χ3v) is 9.14. The Kier molecular flexibility index (Phi) is 11.1. The van der Waals surface area contributed by atoms with Gasteiger partial charge in [-0.25, -0.2) is 8.78 Å². The molecule has 2 saturated heterocycles. The topological polar surface area (TPSA) is 131 Å². The van der Waals surface area contributed by atoms with Crippen molar-refractivity contribution in [1.29, 1.82) is 0 Å². The molecule has 2 unspecified atom stereocenters. The van der Waals surface area contributed by atoms with Gasteiger partial charge in [-0.1, -0.05) is 50.6 Å². The lowest BCUT2D eigenvalue weighted by Crippen LogP contribution is -2.61. The van der Waals surface area contributed by atoms with E-state index in [1.807, 2.05) is 44.2 Å². The monoisotopic (exact) mass is 614 g/mol. The van der Waals surface area contributed by atoms with Crippen molar-refractivity contribution >= 4 is 17.7 Å². The highest BCUT2D eigenvalue weighted by molar-refractivity contribution is 5.96. The average molecular weight is 615 g/mol. The summed E-state index contributed by atoms with van der Waals surface area (Å²) in [4.78, 5) is 42.0. The zero-order valence-electron chi connectivity index (χ0n) is 25.6. The molecule has 0 bridgehead atoms. The van der Waals surface area contributed by atoms with Crippen LogP contribution in [-0.4, -0.2) is 81.8 Å². The minimum Gasteiger partial charge on any atom is -0.392 e. The summed E-state index contributed by atoms with van der Waals surface area (Å²) in [6.07, 6.45) is 0.00608. The predicted molar refractivity (Wildman–Crippen MR) is 161 cm³/mol. The van der Waals surface area contributed by atoms with Crippen molar-refractivity contribution < 1.29 is 33.4 Å². The number of aliphatic hydroxyl groups excluding tert-OH is 2. The van der Waals surface area contributed by atoms with Crippen molar-refractivity contribution in [3.63, 3.8) is 0 Å². The molecule has 0 spiro atoms. The standard InChI is InChI=1S/C33H44F2N4O5/c1-4-20(2)33(38-21(3)40)12-13-39(32(33)44)29(11-10-22-8-6-5-7-9-22)31(43)37-28(30(42)27-18-26(41)19-36-27)16-23-14-24(34)17-25(35)15-23/h5-9,14-15,17,20,26-30,36,41-42H,4,10-13,16,18-19H2,1-3H3,(H,37,43)(H,38,40)/t20?,26-,27+,28?,29-,30+,33-/m0/s1. The third kappa shape index (κ3) is 7.80. The normalized spacial score (nSPS) is 24.5. The van der Waals surface area contributed by atoms with E-state index in [1.165, 1.54) is 11.8 Å². The summed E-state index contributed by atoms with van der Waals surface area (Å²) in [5.41, 5.74) is 0.0706. The Morgan fingerprint density at radius 2 is 1.82 bits per heavy atom. The Bertz CT molecular complexity index is 1290. The summed E-state index contributed by atoms with van der Waals surface area (Å²) < 4.78 is 28.2. The predicted octanol–water partition coefficient (Wildman–Crippen LogP) is 2.23. The van der Waals surface area contributed by atoms with Crippen molar-refractivity contribution in [3.8, 4) is 0 Å². The van der Waals surface area contributed by atoms with E-state index in [0.29, 0.717) is 19.3 Å². The molecule has 5 N–H and O–H groups in total. The number of carbonyl (C=O) groups is 3. The van der Waals surface area contributed by atoms with Crippen LogP contribution in [0.5, 0.6) is 0 Å². The molecule has 4 rings (SSSR count). The van der Waals surface area contributed by atoms with Crippen LogP contribution in [-0.2, 0) is 27.2 Å². The Morgan fingerprint density at radius 3 is 2.41 bits per heavy atom. The summed E-state index contributed by atoms with van der Waals surface area (Å²) >= 11 is 0. The van der Waals surface area contributed by atoms with Crippen LogP contribution in [0.25, 0.3) is 0 Å². The molecule has 0 aromatic heterocycles. The van der Waals surface area contributed by atoms with Gasteiger partial charge in [0.05, 0.1) is 18.2 Å². The maximum Gasteiger partial charge on any atom is 0.249 e. The van der Waals surface area contributed by atoms with E-state index in [-0.39, 0.29) is 55.6 Å². The van der Waals surface area contributed by atoms with E-state index in [0.717, 1.165) is 23.8 Å². The molecule has 2 aliphatic heterocycles. The first-order valence-electron chi connectivity index (χ1n) is 15.4. The molecule has 2 fully saturated rings. The van der Waals surface area contributed by atoms with Gasteiger partial charge in [0.25, 0.3) is 0 Å². The number of hydrogen-bond donors (Lipinski definition) is 5. The number of nitrogens with zero attached hydrogens (tertiary/aromatic N) is 1. The summed E-state index contributed by atoms with van der Waals surface area (Å²) in [6.45, 7) is 5.73. The van der Waals surface area contributed by atoms with E-state index in [4.69, 9.17) is 0 Å². The van der Waals surface area contributed by atoms with Gasteiger partial charge in [-0.2, -0.15) is 0 Å². The van der Waals surface area contributed by atoms with Gasteiger partial charge in [-0.15, -0.1) is 0 Å². The highest BCUT2D eigenvalue weighted by Crippen LogP contribution is 2.34. The maximum atomic E-state index is 14.2. The first-order valence-corrected chi connectivity index (χ1v) is 15.4. The van der Waals surface area contributed by atoms with Crippen molar-refractivity contribution in [2.75, 3.05) is 13.1 Å². The van der Waals surface area contributed by atoms with Gasteiger partial charge in [0, 0.05) is 32.1 Å². The summed E-state index contributed by atoms with van der Waals surface area (Å²) in [5, 5.41) is 30.3. The number of β-amino-alcohol motifs (C(OH)–C–C–N with tert-alkyl or cyclic N) is 1. The summed E-state index contributed by atoms with van der Waals surface area (Å²) in [7, 11) is 0. The second kappa shape index (κ2) is 14.6. The molecule has 240 valence electrons. The smallest absolute Gasteiger partial charge is 0.249 e. The zero-order chi connectivity index (χ0) is 32.0. The summed E-state index contributed by atoms with van der Waals surface area (Å²) in [5.74, 6) is -2.92. The lowest BCUT2D eigenvalue weighted by atomic mass is 9.81. The highest BCUT2D eigenvalue weighted by atomic mass is 19.1. The Morgan fingerprint density at radius 1 is 1.14 bits per heavy atom. The minimum atomic E-state index is -1.20. The molecule has 0 radical (unpaired) electrons. The second-order valence-electron chi connectivity index (χ2n) is 12.2. The van der Waals surface area contributed by atoms with Crippen LogP contribution in [0.3, 0.4) is 0 Å². The number of rotatable bonds is 13. The quantitative estimate of drug-likeness (QED) is 0.235. The maximum absolute atomic E-state index is 14.2. The molecule has 2 heterocycles. The molecule has 9 nitrogen and oxygen atoms in total. The van der Waals surface area contributed by atoms with Crippen molar-refractivity contribution in [2.45, 2.75) is 95.2 Å². The van der Waals surface area contributed by atoms with Crippen molar-refractivity contribution in [1.82, 2.24) is 20.9 Å². The Balaban J connectivity index is 1.64. The molecule has 2 aliphatic rings. The molecule has 0 saturated carbocycles. The molecule has 11 heteroatoms. The van der Waals surface area contributed by atoms with Crippen LogP contribution in [0.4, 0.5) is 8.78 Å². The summed E-state index contributed by atoms with van der Waals surface area (Å²) in [6, 6.07) is 10.1. The van der Waals surface area contributed by atoms with Gasteiger partial charge in [-0.3, -0.25) is 14.4 Å². The van der Waals surface area contributed by atoms with Crippen LogP contribution in [0.2, 0.25) is 0 Å². The van der Waals surface area contributed by atoms with Gasteiger partial charge in [0.15, 0.2) is 0 Å². The fourth-order valence-electron chi connectivity index (χ4n) is 6.60. The lowest BCUT2D eigenvalue weighted by molar-refractivity contribution is -0.144. The highest BCUT2D eigenvalue weighted by Gasteiger charge is 2.53. The first kappa shape index (κ1) is 33.5. The number of carbonyl (C=O) groups excluding carboxylic acids is 3. The van der Waals surface area contributed by atoms with E-state index < -0.39 is 53.4 Å². The van der Waals surface area contributed by atoms with E-state index in [2.05, 4.69) is 16.0 Å². The Hall–Kier alpha value is -3.41. The molecule has 2 aromatic carbocycles. The van der Waals surface area contributed by atoms with Crippen LogP contribution in [0.1, 0.15) is 57.6 Å². The number of halogens is 2. The largest absolute Gasteiger partial charge is 0.392 e. The number of benzene rings is 2. The first-order chi connectivity index (χ1) is 20.9. The molecular formula is C33H44F2N4O5. The van der Waals surface area contributed by atoms with Gasteiger partial charge < -0.3 is 31.1 Å².